The van der Waals surface area contributed by atoms with Crippen molar-refractivity contribution in [1.82, 2.24) is 9.48 Å². The minimum Gasteiger partial charge on any atom is -0.456 e. The Labute approximate surface area is 401 Å². The number of hydrogen-bond acceptors (Lipinski definition) is 13. The third kappa shape index (κ3) is 15.5. The van der Waals surface area contributed by atoms with E-state index in [1.807, 2.05) is 32.1 Å². The summed E-state index contributed by atoms with van der Waals surface area (Å²) in [6.07, 6.45) is 8.47. The van der Waals surface area contributed by atoms with Crippen molar-refractivity contribution in [1.29, 1.82) is 0 Å². The summed E-state index contributed by atoms with van der Waals surface area (Å²) in [7, 11) is -1.17. The minimum absolute atomic E-state index is 0.144. The highest BCUT2D eigenvalue weighted by molar-refractivity contribution is 7.85. The molecule has 0 aromatic heterocycles. The number of imide groups is 1. The average Bonchev–Trinajstić information content (AvgIpc) is 3.71. The van der Waals surface area contributed by atoms with Crippen LogP contribution in [-0.4, -0.2) is 142 Å². The highest BCUT2D eigenvalue weighted by Crippen LogP contribution is 2.48. The van der Waals surface area contributed by atoms with Crippen LogP contribution in [0.25, 0.3) is 17.4 Å². The zero-order chi connectivity index (χ0) is 49.3. The van der Waals surface area contributed by atoms with E-state index in [1.165, 1.54) is 12.1 Å². The van der Waals surface area contributed by atoms with Gasteiger partial charge >= 0.3 is 0 Å². The number of anilines is 1. The van der Waals surface area contributed by atoms with E-state index in [0.717, 1.165) is 44.1 Å². The second-order valence-electron chi connectivity index (χ2n) is 18.5. The van der Waals surface area contributed by atoms with Crippen molar-refractivity contribution in [3.63, 3.8) is 0 Å². The van der Waals surface area contributed by atoms with Crippen LogP contribution in [0.1, 0.15) is 90.0 Å². The van der Waals surface area contributed by atoms with Gasteiger partial charge in [0.1, 0.15) is 24.7 Å². The first-order chi connectivity index (χ1) is 32.4. The topological polar surface area (TPSA) is 184 Å². The van der Waals surface area contributed by atoms with E-state index in [2.05, 4.69) is 54.5 Å². The quantitative estimate of drug-likeness (QED) is 0.0368. The highest BCUT2D eigenvalue weighted by Gasteiger charge is 2.40. The zero-order valence-electron chi connectivity index (χ0n) is 41.0. The van der Waals surface area contributed by atoms with Gasteiger partial charge in [0.05, 0.1) is 70.4 Å². The summed E-state index contributed by atoms with van der Waals surface area (Å²) in [4.78, 5) is 39.7. The van der Waals surface area contributed by atoms with E-state index >= 15 is 0 Å². The van der Waals surface area contributed by atoms with Gasteiger partial charge < -0.3 is 37.7 Å². The number of rotatable bonds is 29. The Morgan fingerprint density at radius 1 is 0.794 bits per heavy atom. The Morgan fingerprint density at radius 2 is 1.40 bits per heavy atom. The lowest BCUT2D eigenvalue weighted by atomic mass is 9.82. The molecule has 0 atom stereocenters. The second kappa shape index (κ2) is 25.9. The van der Waals surface area contributed by atoms with Crippen LogP contribution >= 0.6 is 0 Å². The molecule has 17 heteroatoms. The molecule has 1 aromatic rings. The molecule has 4 aliphatic rings. The molecule has 1 N–H and O–H groups in total. The van der Waals surface area contributed by atoms with E-state index < -0.39 is 15.5 Å². The SMILES string of the molecule is COCCOCCOCC[N+](CCOCCOCCOC)=c1ccc2c(C(C)(C)C)cc(/C=C/C=C3/N(CCCCCC(=O)CN4C(=O)CCC4=O)c4ccc(S(=O)(=O)O)cc4C3(C)C)oc-2c1. The maximum atomic E-state index is 12.7. The molecule has 1 saturated heterocycles. The van der Waals surface area contributed by atoms with Crippen LogP contribution in [0.15, 0.2) is 69.6 Å². The molecule has 1 aromatic carbocycles. The second-order valence-corrected chi connectivity index (χ2v) is 19.9. The van der Waals surface area contributed by atoms with Crippen LogP contribution in [0.3, 0.4) is 0 Å². The maximum absolute atomic E-state index is 12.7. The van der Waals surface area contributed by atoms with Gasteiger partial charge in [0.25, 0.3) is 10.1 Å². The molecule has 2 amide bonds. The van der Waals surface area contributed by atoms with Crippen molar-refractivity contribution in [3.05, 3.63) is 82.6 Å². The molecule has 5 rings (SSSR count). The number of amides is 2. The predicted octanol–water partition coefficient (Wildman–Crippen LogP) is 6.03. The van der Waals surface area contributed by atoms with Gasteiger partial charge in [0.2, 0.25) is 17.2 Å². The number of carbonyl (C=O) groups excluding carboxylic acids is 3. The Hall–Kier alpha value is -4.59. The molecule has 0 radical (unpaired) electrons. The Bertz CT molecular complexity index is 2340. The summed E-state index contributed by atoms with van der Waals surface area (Å²) in [5.41, 5.74) is 3.74. The lowest BCUT2D eigenvalue weighted by Crippen LogP contribution is -2.36. The molecule has 68 heavy (non-hydrogen) atoms. The molecular formula is C51H72N3O13S+. The highest BCUT2D eigenvalue weighted by atomic mass is 32.2. The van der Waals surface area contributed by atoms with Crippen LogP contribution in [-0.2, 0) is 63.8 Å². The molecule has 0 unspecified atom stereocenters. The first kappa shape index (κ1) is 54.4. The Morgan fingerprint density at radius 3 is 1.99 bits per heavy atom. The Kier molecular flexibility index (Phi) is 20.7. The number of likely N-dealkylation sites (tertiary alicyclic amines) is 1. The van der Waals surface area contributed by atoms with Gasteiger partial charge in [-0.3, -0.25) is 23.8 Å². The third-order valence-electron chi connectivity index (χ3n) is 12.1. The predicted molar refractivity (Wildman–Crippen MR) is 259 cm³/mol. The van der Waals surface area contributed by atoms with Crippen LogP contribution in [0.4, 0.5) is 5.69 Å². The van der Waals surface area contributed by atoms with Crippen molar-refractivity contribution >= 4 is 39.5 Å². The molecule has 1 aliphatic carbocycles. The van der Waals surface area contributed by atoms with Crippen molar-refractivity contribution < 1.29 is 60.2 Å². The van der Waals surface area contributed by atoms with E-state index in [-0.39, 0.29) is 53.7 Å². The fourth-order valence-electron chi connectivity index (χ4n) is 8.36. The molecule has 3 heterocycles. The van der Waals surface area contributed by atoms with E-state index in [9.17, 15) is 27.4 Å². The first-order valence-corrected chi connectivity index (χ1v) is 25.0. The largest absolute Gasteiger partial charge is 0.456 e. The van der Waals surface area contributed by atoms with Crippen molar-refractivity contribution in [2.45, 2.75) is 88.9 Å². The number of Topliss-reactive ketones (excluding diaryl/α,β-unsaturated/α-hetero) is 1. The molecular weight excluding hydrogens is 895 g/mol. The number of nitrogens with zero attached hydrogens (tertiary/aromatic N) is 3. The van der Waals surface area contributed by atoms with Crippen molar-refractivity contribution in [3.8, 4) is 11.3 Å². The average molecular weight is 967 g/mol. The van der Waals surface area contributed by atoms with Gasteiger partial charge in [0.15, 0.2) is 18.9 Å². The molecule has 0 spiro atoms. The fraction of sp³-hybridized carbons (Fsp3) is 0.569. The van der Waals surface area contributed by atoms with E-state index in [1.54, 1.807) is 20.3 Å². The smallest absolute Gasteiger partial charge is 0.294 e. The minimum atomic E-state index is -4.45. The number of fused-ring (bicyclic) bond motifs is 2. The van der Waals surface area contributed by atoms with Gasteiger partial charge in [-0.2, -0.15) is 8.42 Å². The molecule has 16 nitrogen and oxygen atoms in total. The number of hydrogen-bond donors (Lipinski definition) is 1. The first-order valence-electron chi connectivity index (χ1n) is 23.5. The number of benzene rings is 2. The van der Waals surface area contributed by atoms with Gasteiger partial charge in [-0.25, -0.2) is 4.58 Å². The monoisotopic (exact) mass is 966 g/mol. The zero-order valence-corrected chi connectivity index (χ0v) is 41.8. The van der Waals surface area contributed by atoms with Gasteiger partial charge in [-0.05, 0) is 71.9 Å². The van der Waals surface area contributed by atoms with E-state index in [0.29, 0.717) is 111 Å². The number of carbonyl (C=O) groups is 3. The number of allylic oxidation sites excluding steroid dienone is 3. The number of ether oxygens (including phenoxy) is 6. The number of methoxy groups -OCH3 is 2. The molecule has 0 bridgehead atoms. The lowest BCUT2D eigenvalue weighted by Gasteiger charge is -2.27. The maximum Gasteiger partial charge on any atom is 0.294 e. The summed E-state index contributed by atoms with van der Waals surface area (Å²) in [6, 6.07) is 13.0. The van der Waals surface area contributed by atoms with Crippen LogP contribution in [0.5, 0.6) is 0 Å². The van der Waals surface area contributed by atoms with Gasteiger partial charge in [0, 0.05) is 68.5 Å². The summed E-state index contributed by atoms with van der Waals surface area (Å²) in [5, 5.41) is 0.954. The van der Waals surface area contributed by atoms with Gasteiger partial charge in [-0.1, -0.05) is 47.1 Å². The lowest BCUT2D eigenvalue weighted by molar-refractivity contribution is -0.141. The summed E-state index contributed by atoms with van der Waals surface area (Å²) < 4.78 is 76.5. The summed E-state index contributed by atoms with van der Waals surface area (Å²) >= 11 is 0. The molecule has 3 aliphatic heterocycles. The normalized spacial score (nSPS) is 15.7. The van der Waals surface area contributed by atoms with Crippen LogP contribution in [0.2, 0.25) is 0 Å². The van der Waals surface area contributed by atoms with Crippen molar-refractivity contribution in [2.75, 3.05) is 111 Å². The standard InChI is InChI=1S/C51H71N3O13S/c1-50(2,3)43-35-40(67-46-34-38(15-17-42(43)46)52(22-24-63-30-32-65-28-26-61-6)23-25-64-31-33-66-29-27-62-7)13-11-14-47-51(4,5)44-36-41(68(58,59)60)16-18-45(44)53(47)21-10-8-9-12-39(55)37-54-48(56)19-20-49(54)57/h11,13-18,34-36H,8-10,12,19-33,37H2,1-7H3/p+1. The molecule has 374 valence electrons. The van der Waals surface area contributed by atoms with E-state index in [4.69, 9.17) is 32.8 Å². The Balaban J connectivity index is 1.40. The fourth-order valence-corrected chi connectivity index (χ4v) is 8.86. The molecule has 1 fully saturated rings. The van der Waals surface area contributed by atoms with Crippen LogP contribution in [0, 0.1) is 0 Å². The third-order valence-corrected chi connectivity index (χ3v) is 12.9. The number of unbranched alkanes of at least 4 members (excludes halogenated alkanes) is 2. The van der Waals surface area contributed by atoms with Gasteiger partial charge in [-0.15, -0.1) is 0 Å². The van der Waals surface area contributed by atoms with Crippen molar-refractivity contribution in [2.24, 2.45) is 0 Å². The summed E-state index contributed by atoms with van der Waals surface area (Å²) in [5.74, 6) is 0.625. The number of ketones is 1. The molecule has 0 saturated carbocycles. The summed E-state index contributed by atoms with van der Waals surface area (Å²) in [6.45, 7) is 17.1. The van der Waals surface area contributed by atoms with Crippen LogP contribution < -0.4 is 14.8 Å².